The summed E-state index contributed by atoms with van der Waals surface area (Å²) in [5, 5.41) is 12.5. The first-order valence-corrected chi connectivity index (χ1v) is 4.55. The van der Waals surface area contributed by atoms with E-state index < -0.39 is 0 Å². The molecule has 0 aliphatic heterocycles. The molecule has 0 saturated heterocycles. The van der Waals surface area contributed by atoms with E-state index in [1.165, 1.54) is 0 Å². The van der Waals surface area contributed by atoms with Crippen LogP contribution in [0.2, 0.25) is 10.0 Å². The van der Waals surface area contributed by atoms with Crippen molar-refractivity contribution in [2.45, 2.75) is 6.42 Å². The van der Waals surface area contributed by atoms with Crippen LogP contribution in [0.1, 0.15) is 6.42 Å². The van der Waals surface area contributed by atoms with Gasteiger partial charge in [0.25, 0.3) is 0 Å². The Hall–Kier alpha value is -0.910. The van der Waals surface area contributed by atoms with Gasteiger partial charge in [-0.05, 0) is 18.2 Å². The third-order valence-corrected chi connectivity index (χ3v) is 1.86. The van der Waals surface area contributed by atoms with Crippen LogP contribution in [0, 0.1) is 11.3 Å². The quantitative estimate of drug-likeness (QED) is 0.785. The molecule has 0 bridgehead atoms. The van der Waals surface area contributed by atoms with Gasteiger partial charge in [-0.3, -0.25) is 0 Å². The average molecular weight is 215 g/mol. The van der Waals surface area contributed by atoms with Crippen LogP contribution in [0.25, 0.3) is 0 Å². The molecule has 0 radical (unpaired) electrons. The van der Waals surface area contributed by atoms with Gasteiger partial charge in [0, 0.05) is 22.3 Å². The molecule has 0 unspecified atom stereocenters. The molecule has 0 saturated carbocycles. The molecular formula is C9H8Cl2N2. The van der Waals surface area contributed by atoms with Crippen LogP contribution in [-0.2, 0) is 0 Å². The van der Waals surface area contributed by atoms with Crippen LogP contribution in [0.5, 0.6) is 0 Å². The molecule has 0 aliphatic carbocycles. The van der Waals surface area contributed by atoms with Crippen molar-refractivity contribution in [1.29, 1.82) is 5.26 Å². The highest BCUT2D eigenvalue weighted by Crippen LogP contribution is 2.22. The molecular weight excluding hydrogens is 207 g/mol. The second kappa shape index (κ2) is 4.96. The average Bonchev–Trinajstić information content (AvgIpc) is 2.03. The van der Waals surface area contributed by atoms with E-state index in [2.05, 4.69) is 5.32 Å². The number of nitrogens with zero attached hydrogens (tertiary/aromatic N) is 1. The zero-order valence-corrected chi connectivity index (χ0v) is 8.36. The van der Waals surface area contributed by atoms with Gasteiger partial charge >= 0.3 is 0 Å². The Balaban J connectivity index is 2.62. The van der Waals surface area contributed by atoms with Crippen LogP contribution in [0.15, 0.2) is 18.2 Å². The van der Waals surface area contributed by atoms with E-state index in [-0.39, 0.29) is 0 Å². The molecule has 2 nitrogen and oxygen atoms in total. The number of benzene rings is 1. The molecule has 1 N–H and O–H groups in total. The summed E-state index contributed by atoms with van der Waals surface area (Å²) >= 11 is 11.5. The number of rotatable bonds is 3. The Labute approximate surface area is 87.1 Å². The maximum atomic E-state index is 8.31. The van der Waals surface area contributed by atoms with Crippen LogP contribution in [-0.4, -0.2) is 6.54 Å². The molecule has 0 atom stereocenters. The molecule has 0 aromatic heterocycles. The second-order valence-corrected chi connectivity index (χ2v) is 3.37. The number of hydrogen-bond acceptors (Lipinski definition) is 2. The summed E-state index contributed by atoms with van der Waals surface area (Å²) in [4.78, 5) is 0. The number of anilines is 1. The molecule has 68 valence electrons. The largest absolute Gasteiger partial charge is 0.384 e. The maximum absolute atomic E-state index is 8.31. The van der Waals surface area contributed by atoms with E-state index in [4.69, 9.17) is 28.5 Å². The van der Waals surface area contributed by atoms with Gasteiger partial charge < -0.3 is 5.32 Å². The van der Waals surface area contributed by atoms with E-state index >= 15 is 0 Å². The molecule has 0 fully saturated rings. The van der Waals surface area contributed by atoms with Gasteiger partial charge in [-0.1, -0.05) is 23.2 Å². The van der Waals surface area contributed by atoms with Crippen molar-refractivity contribution < 1.29 is 0 Å². The zero-order valence-electron chi connectivity index (χ0n) is 6.85. The first-order valence-electron chi connectivity index (χ1n) is 3.79. The lowest BCUT2D eigenvalue weighted by atomic mass is 10.3. The Morgan fingerprint density at radius 2 is 1.85 bits per heavy atom. The highest BCUT2D eigenvalue weighted by Gasteiger charge is 1.96. The monoisotopic (exact) mass is 214 g/mol. The molecule has 0 amide bonds. The minimum absolute atomic E-state index is 0.462. The topological polar surface area (TPSA) is 35.8 Å². The van der Waals surface area contributed by atoms with Crippen molar-refractivity contribution in [3.63, 3.8) is 0 Å². The first-order chi connectivity index (χ1) is 6.22. The summed E-state index contributed by atoms with van der Waals surface area (Å²) in [6, 6.07) is 7.24. The molecule has 1 rings (SSSR count). The number of nitriles is 1. The van der Waals surface area contributed by atoms with Crippen molar-refractivity contribution in [1.82, 2.24) is 0 Å². The molecule has 0 spiro atoms. The Morgan fingerprint density at radius 3 is 2.38 bits per heavy atom. The van der Waals surface area contributed by atoms with Crippen molar-refractivity contribution in [3.05, 3.63) is 28.2 Å². The lowest BCUT2D eigenvalue weighted by Crippen LogP contribution is -1.99. The summed E-state index contributed by atoms with van der Waals surface area (Å²) < 4.78 is 0. The smallest absolute Gasteiger partial charge is 0.0640 e. The fourth-order valence-corrected chi connectivity index (χ4v) is 1.44. The van der Waals surface area contributed by atoms with Crippen LogP contribution >= 0.6 is 23.2 Å². The maximum Gasteiger partial charge on any atom is 0.0640 e. The fourth-order valence-electron chi connectivity index (χ4n) is 0.919. The predicted octanol–water partition coefficient (Wildman–Crippen LogP) is 3.32. The summed E-state index contributed by atoms with van der Waals surface area (Å²) in [5.41, 5.74) is 0.841. The molecule has 1 aromatic rings. The van der Waals surface area contributed by atoms with Crippen LogP contribution < -0.4 is 5.32 Å². The van der Waals surface area contributed by atoms with E-state index in [0.717, 1.165) is 5.69 Å². The third-order valence-electron chi connectivity index (χ3n) is 1.43. The number of hydrogen-bond donors (Lipinski definition) is 1. The van der Waals surface area contributed by atoms with Gasteiger partial charge in [0.05, 0.1) is 12.5 Å². The van der Waals surface area contributed by atoms with E-state index in [1.807, 2.05) is 6.07 Å². The SMILES string of the molecule is N#CCCNc1cc(Cl)cc(Cl)c1. The predicted molar refractivity (Wildman–Crippen MR) is 55.2 cm³/mol. The second-order valence-electron chi connectivity index (χ2n) is 2.49. The van der Waals surface area contributed by atoms with E-state index in [1.54, 1.807) is 18.2 Å². The molecule has 4 heteroatoms. The van der Waals surface area contributed by atoms with E-state index in [9.17, 15) is 0 Å². The zero-order chi connectivity index (χ0) is 9.68. The van der Waals surface area contributed by atoms with Crippen molar-refractivity contribution in [2.75, 3.05) is 11.9 Å². The van der Waals surface area contributed by atoms with Gasteiger partial charge in [0.2, 0.25) is 0 Å². The van der Waals surface area contributed by atoms with Crippen molar-refractivity contribution in [2.24, 2.45) is 0 Å². The van der Waals surface area contributed by atoms with Crippen molar-refractivity contribution >= 4 is 28.9 Å². The third kappa shape index (κ3) is 3.54. The normalized spacial score (nSPS) is 9.31. The number of nitrogens with one attached hydrogen (secondary N) is 1. The van der Waals surface area contributed by atoms with Crippen LogP contribution in [0.3, 0.4) is 0 Å². The lowest BCUT2D eigenvalue weighted by molar-refractivity contribution is 1.08. The standard InChI is InChI=1S/C9H8Cl2N2/c10-7-4-8(11)6-9(5-7)13-3-1-2-12/h4-6,13H,1,3H2. The molecule has 0 heterocycles. The Morgan fingerprint density at radius 1 is 1.23 bits per heavy atom. The summed E-state index contributed by atoms with van der Waals surface area (Å²) in [6.45, 7) is 0.604. The van der Waals surface area contributed by atoms with Gasteiger partial charge in [-0.2, -0.15) is 5.26 Å². The summed E-state index contributed by atoms with van der Waals surface area (Å²) in [5.74, 6) is 0. The van der Waals surface area contributed by atoms with E-state index in [0.29, 0.717) is 23.0 Å². The van der Waals surface area contributed by atoms with Crippen LogP contribution in [0.4, 0.5) is 5.69 Å². The fraction of sp³-hybridized carbons (Fsp3) is 0.222. The summed E-state index contributed by atoms with van der Waals surface area (Å²) in [6.07, 6.45) is 0.462. The van der Waals surface area contributed by atoms with Crippen molar-refractivity contribution in [3.8, 4) is 6.07 Å². The summed E-state index contributed by atoms with van der Waals surface area (Å²) in [7, 11) is 0. The Bertz CT molecular complexity index is 311. The Kier molecular flexibility index (Phi) is 3.88. The highest BCUT2D eigenvalue weighted by molar-refractivity contribution is 6.35. The molecule has 13 heavy (non-hydrogen) atoms. The first kappa shape index (κ1) is 10.2. The lowest BCUT2D eigenvalue weighted by Gasteiger charge is -2.04. The van der Waals surface area contributed by atoms with Gasteiger partial charge in [-0.15, -0.1) is 0 Å². The highest BCUT2D eigenvalue weighted by atomic mass is 35.5. The number of halogens is 2. The molecule has 1 aromatic carbocycles. The van der Waals surface area contributed by atoms with Gasteiger partial charge in [0.15, 0.2) is 0 Å². The molecule has 0 aliphatic rings. The minimum atomic E-state index is 0.462. The van der Waals surface area contributed by atoms with Gasteiger partial charge in [0.1, 0.15) is 0 Å². The van der Waals surface area contributed by atoms with Gasteiger partial charge in [-0.25, -0.2) is 0 Å². The minimum Gasteiger partial charge on any atom is -0.384 e.